The van der Waals surface area contributed by atoms with Crippen LogP contribution >= 0.6 is 11.6 Å². The molecule has 9 heteroatoms. The van der Waals surface area contributed by atoms with Crippen LogP contribution in [0.3, 0.4) is 0 Å². The number of anilines is 1. The zero-order chi connectivity index (χ0) is 29.7. The second-order valence-electron chi connectivity index (χ2n) is 10.9. The van der Waals surface area contributed by atoms with Crippen molar-refractivity contribution in [3.8, 4) is 0 Å². The van der Waals surface area contributed by atoms with E-state index in [1.807, 2.05) is 53.7 Å². The first-order chi connectivity index (χ1) is 18.7. The quantitative estimate of drug-likeness (QED) is 0.323. The summed E-state index contributed by atoms with van der Waals surface area (Å²) < 4.78 is 29.1. The van der Waals surface area contributed by atoms with E-state index in [2.05, 4.69) is 5.32 Å². The van der Waals surface area contributed by atoms with Crippen molar-refractivity contribution in [3.05, 3.63) is 94.5 Å². The number of halogens is 1. The van der Waals surface area contributed by atoms with E-state index in [0.717, 1.165) is 15.4 Å². The minimum atomic E-state index is -4.11. The number of rotatable bonds is 10. The number of hydrogen-bond acceptors (Lipinski definition) is 4. The molecule has 0 fully saturated rings. The molecule has 3 rings (SSSR count). The van der Waals surface area contributed by atoms with Crippen LogP contribution in [-0.4, -0.2) is 43.3 Å². The van der Waals surface area contributed by atoms with Gasteiger partial charge in [0.25, 0.3) is 10.0 Å². The van der Waals surface area contributed by atoms with E-state index in [0.29, 0.717) is 22.7 Å². The molecule has 0 aliphatic carbocycles. The predicted octanol–water partition coefficient (Wildman–Crippen LogP) is 5.87. The van der Waals surface area contributed by atoms with E-state index < -0.39 is 34.1 Å². The van der Waals surface area contributed by atoms with Crippen molar-refractivity contribution in [2.75, 3.05) is 10.8 Å². The van der Waals surface area contributed by atoms with Gasteiger partial charge in [0.05, 0.1) is 10.6 Å². The van der Waals surface area contributed by atoms with Crippen LogP contribution in [0.4, 0.5) is 5.69 Å². The van der Waals surface area contributed by atoms with Crippen molar-refractivity contribution in [2.45, 2.75) is 71.0 Å². The van der Waals surface area contributed by atoms with Crippen molar-refractivity contribution in [2.24, 2.45) is 0 Å². The van der Waals surface area contributed by atoms with Crippen LogP contribution in [0.1, 0.15) is 50.8 Å². The Morgan fingerprint density at radius 3 is 2.15 bits per heavy atom. The molecule has 1 N–H and O–H groups in total. The predicted molar refractivity (Wildman–Crippen MR) is 161 cm³/mol. The second kappa shape index (κ2) is 12.9. The van der Waals surface area contributed by atoms with Crippen LogP contribution in [0.5, 0.6) is 0 Å². The van der Waals surface area contributed by atoms with Gasteiger partial charge in [0.2, 0.25) is 11.8 Å². The number of aryl methyl sites for hydroxylation is 2. The summed E-state index contributed by atoms with van der Waals surface area (Å²) in [5, 5.41) is 3.52. The Balaban J connectivity index is 2.10. The first-order valence-electron chi connectivity index (χ1n) is 13.2. The van der Waals surface area contributed by atoms with Crippen molar-refractivity contribution >= 4 is 39.1 Å². The van der Waals surface area contributed by atoms with Crippen molar-refractivity contribution in [1.82, 2.24) is 10.2 Å². The van der Waals surface area contributed by atoms with Crippen LogP contribution in [0.25, 0.3) is 0 Å². The van der Waals surface area contributed by atoms with Crippen LogP contribution in [0.2, 0.25) is 5.02 Å². The molecule has 214 valence electrons. The number of benzene rings is 3. The zero-order valence-corrected chi connectivity index (χ0v) is 25.5. The molecule has 0 saturated heterocycles. The van der Waals surface area contributed by atoms with Gasteiger partial charge in [0.1, 0.15) is 12.6 Å². The average molecular weight is 584 g/mol. The Morgan fingerprint density at radius 1 is 0.950 bits per heavy atom. The molecule has 2 amide bonds. The number of carbonyl (C=O) groups excluding carboxylic acids is 2. The van der Waals surface area contributed by atoms with Gasteiger partial charge in [-0.15, -0.1) is 0 Å². The lowest BCUT2D eigenvalue weighted by Crippen LogP contribution is -2.55. The highest BCUT2D eigenvalue weighted by molar-refractivity contribution is 7.92. The molecule has 3 aromatic carbocycles. The van der Waals surface area contributed by atoms with Gasteiger partial charge in [-0.25, -0.2) is 8.42 Å². The third-order valence-corrected chi connectivity index (χ3v) is 8.42. The maximum Gasteiger partial charge on any atom is 0.264 e. The Bertz CT molecular complexity index is 1440. The Labute approximate surface area is 243 Å². The largest absolute Gasteiger partial charge is 0.350 e. The number of sulfonamides is 1. The first-order valence-corrected chi connectivity index (χ1v) is 15.1. The fourth-order valence-corrected chi connectivity index (χ4v) is 6.00. The molecule has 0 bridgehead atoms. The lowest BCUT2D eigenvalue weighted by atomic mass is 10.1. The van der Waals surface area contributed by atoms with E-state index in [1.54, 1.807) is 48.5 Å². The van der Waals surface area contributed by atoms with Crippen molar-refractivity contribution < 1.29 is 18.0 Å². The summed E-state index contributed by atoms with van der Waals surface area (Å²) in [5.74, 6) is -0.798. The van der Waals surface area contributed by atoms with Crippen LogP contribution in [0.15, 0.2) is 77.7 Å². The zero-order valence-electron chi connectivity index (χ0n) is 23.9. The highest BCUT2D eigenvalue weighted by Gasteiger charge is 2.35. The van der Waals surface area contributed by atoms with Crippen LogP contribution in [-0.2, 0) is 26.2 Å². The molecule has 0 radical (unpaired) electrons. The van der Waals surface area contributed by atoms with Gasteiger partial charge in [-0.05, 0) is 88.1 Å². The van der Waals surface area contributed by atoms with Crippen LogP contribution < -0.4 is 9.62 Å². The molecule has 1 atom stereocenters. The fraction of sp³-hybridized carbons (Fsp3) is 0.355. The van der Waals surface area contributed by atoms with Gasteiger partial charge in [0.15, 0.2) is 0 Å². The van der Waals surface area contributed by atoms with Gasteiger partial charge < -0.3 is 10.2 Å². The number of hydrogen-bond donors (Lipinski definition) is 1. The monoisotopic (exact) mass is 583 g/mol. The van der Waals surface area contributed by atoms with E-state index >= 15 is 0 Å². The number of nitrogens with zero attached hydrogens (tertiary/aromatic N) is 2. The molecule has 0 spiro atoms. The molecule has 0 aromatic heterocycles. The third-order valence-electron chi connectivity index (χ3n) is 6.39. The number of carbonyl (C=O) groups is 2. The second-order valence-corrected chi connectivity index (χ2v) is 13.2. The van der Waals surface area contributed by atoms with Gasteiger partial charge in [-0.1, -0.05) is 61.0 Å². The summed E-state index contributed by atoms with van der Waals surface area (Å²) in [7, 11) is -4.11. The summed E-state index contributed by atoms with van der Waals surface area (Å²) in [6.07, 6.45) is 0.343. The normalized spacial score (nSPS) is 12.5. The Morgan fingerprint density at radius 2 is 1.57 bits per heavy atom. The fourth-order valence-electron chi connectivity index (χ4n) is 4.38. The molecular formula is C31H38ClN3O4S. The van der Waals surface area contributed by atoms with E-state index in [9.17, 15) is 18.0 Å². The van der Waals surface area contributed by atoms with Crippen molar-refractivity contribution in [1.29, 1.82) is 0 Å². The molecule has 0 unspecified atom stereocenters. The smallest absolute Gasteiger partial charge is 0.264 e. The molecule has 0 aliphatic rings. The topological polar surface area (TPSA) is 86.8 Å². The SMILES string of the molecule is CC[C@H](C(=O)NC(C)(C)C)N(Cc1ccc(Cl)cc1)C(=O)CN(c1cc(C)ccc1C)S(=O)(=O)c1ccccc1. The van der Waals surface area contributed by atoms with Gasteiger partial charge >= 0.3 is 0 Å². The molecule has 3 aromatic rings. The summed E-state index contributed by atoms with van der Waals surface area (Å²) in [5.41, 5.74) is 2.23. The summed E-state index contributed by atoms with van der Waals surface area (Å²) in [4.78, 5) is 29.1. The Hall–Kier alpha value is -3.36. The van der Waals surface area contributed by atoms with E-state index in [4.69, 9.17) is 11.6 Å². The van der Waals surface area contributed by atoms with Crippen molar-refractivity contribution in [3.63, 3.8) is 0 Å². The first kappa shape index (κ1) is 31.2. The summed E-state index contributed by atoms with van der Waals surface area (Å²) >= 11 is 6.08. The number of nitrogens with one attached hydrogen (secondary N) is 1. The maximum atomic E-state index is 14.2. The molecule has 0 aliphatic heterocycles. The third kappa shape index (κ3) is 7.86. The van der Waals surface area contributed by atoms with E-state index in [-0.39, 0.29) is 17.3 Å². The minimum absolute atomic E-state index is 0.0745. The molecule has 0 heterocycles. The molecule has 7 nitrogen and oxygen atoms in total. The van der Waals surface area contributed by atoms with E-state index in [1.165, 1.54) is 17.0 Å². The number of amides is 2. The van der Waals surface area contributed by atoms with Gasteiger partial charge in [-0.3, -0.25) is 13.9 Å². The van der Waals surface area contributed by atoms with Gasteiger partial charge in [0, 0.05) is 17.1 Å². The van der Waals surface area contributed by atoms with Gasteiger partial charge in [-0.2, -0.15) is 0 Å². The summed E-state index contributed by atoms with van der Waals surface area (Å²) in [6, 6.07) is 19.7. The molecule has 40 heavy (non-hydrogen) atoms. The Kier molecular flexibility index (Phi) is 10.0. The minimum Gasteiger partial charge on any atom is -0.350 e. The van der Waals surface area contributed by atoms with Crippen LogP contribution in [0, 0.1) is 13.8 Å². The lowest BCUT2D eigenvalue weighted by Gasteiger charge is -2.35. The maximum absolute atomic E-state index is 14.2. The highest BCUT2D eigenvalue weighted by Crippen LogP contribution is 2.28. The molecule has 0 saturated carbocycles. The lowest BCUT2D eigenvalue weighted by molar-refractivity contribution is -0.141. The molecular weight excluding hydrogens is 546 g/mol. The summed E-state index contributed by atoms with van der Waals surface area (Å²) in [6.45, 7) is 10.8. The average Bonchev–Trinajstić information content (AvgIpc) is 2.89. The highest BCUT2D eigenvalue weighted by atomic mass is 35.5. The standard InChI is InChI=1S/C31H38ClN3O4S/c1-7-27(30(37)33-31(4,5)6)34(20-24-15-17-25(32)18-16-24)29(36)21-35(28-19-22(2)13-14-23(28)3)40(38,39)26-11-9-8-10-12-26/h8-19,27H,7,20-21H2,1-6H3,(H,33,37)/t27-/m1/s1.